The molecule has 1 heterocycles. The smallest absolute Gasteiger partial charge is 0.335 e. The van der Waals surface area contributed by atoms with E-state index in [9.17, 15) is 19.5 Å². The van der Waals surface area contributed by atoms with Gasteiger partial charge in [0.15, 0.2) is 16.6 Å². The number of benzene rings is 3. The third kappa shape index (κ3) is 5.36. The van der Waals surface area contributed by atoms with Gasteiger partial charge in [-0.1, -0.05) is 30.3 Å². The minimum absolute atomic E-state index is 0.0224. The highest BCUT2D eigenvalue weighted by Crippen LogP contribution is 2.31. The van der Waals surface area contributed by atoms with Crippen molar-refractivity contribution < 1.29 is 29.0 Å². The summed E-state index contributed by atoms with van der Waals surface area (Å²) in [5, 5.41) is 11.8. The van der Waals surface area contributed by atoms with Gasteiger partial charge in [0.1, 0.15) is 12.2 Å². The molecule has 1 fully saturated rings. The number of ether oxygens (including phenoxy) is 2. The summed E-state index contributed by atoms with van der Waals surface area (Å²) in [6, 6.07) is 17.0. The van der Waals surface area contributed by atoms with Crippen molar-refractivity contribution in [1.82, 2.24) is 5.32 Å². The van der Waals surface area contributed by atoms with Gasteiger partial charge >= 0.3 is 5.97 Å². The number of nitrogens with zero attached hydrogens (tertiary/aromatic N) is 1. The number of thiocarbonyl (C=S) groups is 1. The standard InChI is InChI=1S/C28H24N2O6S/c1-16-6-4-9-22(17(16)2)30-26(32)21(25(31)29-28(30)37)13-18-10-11-23(24(14-18)35-3)36-15-19-7-5-8-20(12-19)27(33)34/h4-14H,15H2,1-3H3,(H,33,34)(H,29,31,37)/b21-13+. The van der Waals surface area contributed by atoms with Crippen molar-refractivity contribution in [1.29, 1.82) is 0 Å². The Labute approximate surface area is 219 Å². The van der Waals surface area contributed by atoms with Crippen LogP contribution in [-0.4, -0.2) is 35.1 Å². The molecular weight excluding hydrogens is 492 g/mol. The maximum absolute atomic E-state index is 13.4. The maximum Gasteiger partial charge on any atom is 0.335 e. The van der Waals surface area contributed by atoms with E-state index in [0.29, 0.717) is 28.3 Å². The Bertz CT molecular complexity index is 1460. The molecule has 4 rings (SSSR count). The van der Waals surface area contributed by atoms with Crippen molar-refractivity contribution in [2.75, 3.05) is 12.0 Å². The molecule has 0 aromatic heterocycles. The number of amides is 2. The van der Waals surface area contributed by atoms with Crippen molar-refractivity contribution in [3.63, 3.8) is 0 Å². The third-order valence-electron chi connectivity index (χ3n) is 5.99. The molecule has 8 nitrogen and oxygen atoms in total. The quantitative estimate of drug-likeness (QED) is 0.272. The van der Waals surface area contributed by atoms with E-state index in [1.54, 1.807) is 36.4 Å². The third-order valence-corrected chi connectivity index (χ3v) is 6.27. The Morgan fingerprint density at radius 2 is 1.81 bits per heavy atom. The number of aryl methyl sites for hydroxylation is 1. The van der Waals surface area contributed by atoms with Crippen molar-refractivity contribution in [2.45, 2.75) is 20.5 Å². The number of nitrogens with one attached hydrogen (secondary N) is 1. The molecule has 188 valence electrons. The zero-order valence-electron chi connectivity index (χ0n) is 20.4. The van der Waals surface area contributed by atoms with Crippen molar-refractivity contribution in [3.8, 4) is 11.5 Å². The lowest BCUT2D eigenvalue weighted by Crippen LogP contribution is -2.54. The minimum Gasteiger partial charge on any atom is -0.493 e. The summed E-state index contributed by atoms with van der Waals surface area (Å²) < 4.78 is 11.3. The molecule has 3 aromatic carbocycles. The first-order valence-electron chi connectivity index (χ1n) is 11.3. The Morgan fingerprint density at radius 3 is 2.54 bits per heavy atom. The number of hydrogen-bond donors (Lipinski definition) is 2. The van der Waals surface area contributed by atoms with Crippen molar-refractivity contribution in [2.24, 2.45) is 0 Å². The molecule has 0 aliphatic carbocycles. The molecule has 0 radical (unpaired) electrons. The highest BCUT2D eigenvalue weighted by molar-refractivity contribution is 7.80. The number of rotatable bonds is 7. The van der Waals surface area contributed by atoms with Crippen LogP contribution in [0.1, 0.15) is 32.6 Å². The van der Waals surface area contributed by atoms with E-state index < -0.39 is 17.8 Å². The lowest BCUT2D eigenvalue weighted by atomic mass is 10.0. The zero-order valence-corrected chi connectivity index (χ0v) is 21.2. The lowest BCUT2D eigenvalue weighted by molar-refractivity contribution is -0.122. The topological polar surface area (TPSA) is 105 Å². The molecule has 9 heteroatoms. The van der Waals surface area contributed by atoms with Gasteiger partial charge in [0, 0.05) is 0 Å². The molecule has 1 aliphatic rings. The van der Waals surface area contributed by atoms with Gasteiger partial charge in [-0.05, 0) is 84.7 Å². The predicted molar refractivity (Wildman–Crippen MR) is 143 cm³/mol. The highest BCUT2D eigenvalue weighted by Gasteiger charge is 2.35. The number of aromatic carboxylic acids is 1. The summed E-state index contributed by atoms with van der Waals surface area (Å²) in [6.07, 6.45) is 1.47. The Kier molecular flexibility index (Phi) is 7.35. The normalized spacial score (nSPS) is 14.5. The monoisotopic (exact) mass is 516 g/mol. The number of carbonyl (C=O) groups is 3. The second-order valence-electron chi connectivity index (χ2n) is 8.38. The fourth-order valence-electron chi connectivity index (χ4n) is 3.87. The van der Waals surface area contributed by atoms with Gasteiger partial charge in [-0.25, -0.2) is 4.79 Å². The summed E-state index contributed by atoms with van der Waals surface area (Å²) in [5.74, 6) is -1.33. The average molecular weight is 517 g/mol. The van der Waals surface area contributed by atoms with E-state index in [4.69, 9.17) is 21.7 Å². The minimum atomic E-state index is -1.02. The molecule has 0 atom stereocenters. The van der Waals surface area contributed by atoms with E-state index in [0.717, 1.165) is 11.1 Å². The summed E-state index contributed by atoms with van der Waals surface area (Å²) in [5.41, 5.74) is 3.80. The molecule has 3 aromatic rings. The van der Waals surface area contributed by atoms with Crippen LogP contribution in [0.4, 0.5) is 5.69 Å². The second kappa shape index (κ2) is 10.6. The van der Waals surface area contributed by atoms with Gasteiger partial charge in [-0.2, -0.15) is 0 Å². The largest absolute Gasteiger partial charge is 0.493 e. The highest BCUT2D eigenvalue weighted by atomic mass is 32.1. The van der Waals surface area contributed by atoms with Crippen LogP contribution in [0.15, 0.2) is 66.2 Å². The van der Waals surface area contributed by atoms with E-state index in [2.05, 4.69) is 5.32 Å². The van der Waals surface area contributed by atoms with E-state index in [1.165, 1.54) is 30.2 Å². The Morgan fingerprint density at radius 1 is 1.05 bits per heavy atom. The molecule has 0 unspecified atom stereocenters. The summed E-state index contributed by atoms with van der Waals surface area (Å²) in [6.45, 7) is 3.95. The maximum atomic E-state index is 13.4. The van der Waals surface area contributed by atoms with E-state index in [-0.39, 0.29) is 22.9 Å². The first-order chi connectivity index (χ1) is 17.7. The molecule has 0 saturated carbocycles. The first kappa shape index (κ1) is 25.6. The van der Waals surface area contributed by atoms with Gasteiger partial charge in [0.25, 0.3) is 11.8 Å². The molecule has 2 N–H and O–H groups in total. The lowest BCUT2D eigenvalue weighted by Gasteiger charge is -2.30. The predicted octanol–water partition coefficient (Wildman–Crippen LogP) is 4.42. The molecule has 2 amide bonds. The number of carbonyl (C=O) groups excluding carboxylic acids is 2. The Balaban J connectivity index is 1.60. The number of carboxylic acid groups (broad SMARTS) is 1. The average Bonchev–Trinajstić information content (AvgIpc) is 2.88. The van der Waals surface area contributed by atoms with E-state index in [1.807, 2.05) is 26.0 Å². The number of anilines is 1. The van der Waals surface area contributed by atoms with Gasteiger partial charge in [0.05, 0.1) is 18.4 Å². The molecule has 0 bridgehead atoms. The second-order valence-corrected chi connectivity index (χ2v) is 8.77. The fraction of sp³-hybridized carbons (Fsp3) is 0.143. The molecule has 0 spiro atoms. The molecule has 1 aliphatic heterocycles. The number of carboxylic acids is 1. The van der Waals surface area contributed by atoms with Crippen LogP contribution in [0, 0.1) is 13.8 Å². The van der Waals surface area contributed by atoms with Crippen LogP contribution in [0.3, 0.4) is 0 Å². The van der Waals surface area contributed by atoms with Gasteiger partial charge in [-0.15, -0.1) is 0 Å². The van der Waals surface area contributed by atoms with E-state index >= 15 is 0 Å². The van der Waals surface area contributed by atoms with Crippen LogP contribution in [0.5, 0.6) is 11.5 Å². The van der Waals surface area contributed by atoms with Gasteiger partial charge in [-0.3, -0.25) is 19.8 Å². The number of hydrogen-bond acceptors (Lipinski definition) is 6. The van der Waals surface area contributed by atoms with Gasteiger partial charge in [0.2, 0.25) is 0 Å². The summed E-state index contributed by atoms with van der Waals surface area (Å²) >= 11 is 5.31. The molecule has 37 heavy (non-hydrogen) atoms. The number of methoxy groups -OCH3 is 1. The van der Waals surface area contributed by atoms with Gasteiger partial charge < -0.3 is 14.6 Å². The van der Waals surface area contributed by atoms with Crippen molar-refractivity contribution in [3.05, 3.63) is 94.1 Å². The Hall–Kier alpha value is -4.50. The fourth-order valence-corrected chi connectivity index (χ4v) is 4.14. The van der Waals surface area contributed by atoms with Crippen LogP contribution in [-0.2, 0) is 16.2 Å². The molecule has 1 saturated heterocycles. The molecular formula is C28H24N2O6S. The summed E-state index contributed by atoms with van der Waals surface area (Å²) in [4.78, 5) is 38.6. The van der Waals surface area contributed by atoms with Crippen molar-refractivity contribution >= 4 is 46.9 Å². The van der Waals surface area contributed by atoms with Crippen LogP contribution >= 0.6 is 12.2 Å². The van der Waals surface area contributed by atoms with Crippen LogP contribution in [0.25, 0.3) is 6.08 Å². The summed E-state index contributed by atoms with van der Waals surface area (Å²) in [7, 11) is 1.48. The van der Waals surface area contributed by atoms with Crippen LogP contribution in [0.2, 0.25) is 0 Å². The zero-order chi connectivity index (χ0) is 26.7. The van der Waals surface area contributed by atoms with Crippen LogP contribution < -0.4 is 19.7 Å². The SMILES string of the molecule is COc1cc(/C=C2\C(=O)NC(=S)N(c3cccc(C)c3C)C2=O)ccc1OCc1cccc(C(=O)O)c1. The first-order valence-corrected chi connectivity index (χ1v) is 11.7.